The van der Waals surface area contributed by atoms with Crippen molar-refractivity contribution in [2.75, 3.05) is 13.2 Å². The number of aromatic hydroxyl groups is 4. The highest BCUT2D eigenvalue weighted by Crippen LogP contribution is 2.47. The smallest absolute Gasteiger partial charge is 0.317 e. The average molecular weight is 715 g/mol. The largest absolute Gasteiger partial charge is 0.508 e. The monoisotopic (exact) mass is 714 g/mol. The summed E-state index contributed by atoms with van der Waals surface area (Å²) < 4.78 is 33.4. The zero-order chi connectivity index (χ0) is 36.6. The summed E-state index contributed by atoms with van der Waals surface area (Å²) in [5.74, 6) is -6.47. The normalized spacial score (nSPS) is 32.2. The lowest BCUT2D eigenvalue weighted by Gasteiger charge is -2.41. The minimum Gasteiger partial charge on any atom is -0.508 e. The number of phenols is 4. The van der Waals surface area contributed by atoms with E-state index >= 15 is 0 Å². The fraction of sp³-hybridized carbons (Fsp3) is 0.467. The number of aliphatic carboxylic acids is 1. The van der Waals surface area contributed by atoms with Gasteiger partial charge in [0.15, 0.2) is 23.4 Å². The highest BCUT2D eigenvalue weighted by molar-refractivity contribution is 5.90. The predicted molar refractivity (Wildman–Crippen MR) is 156 cm³/mol. The quantitative estimate of drug-likeness (QED) is 0.0663. The Morgan fingerprint density at radius 3 is 1.92 bits per heavy atom. The Bertz CT molecular complexity index is 1590. The van der Waals surface area contributed by atoms with Gasteiger partial charge in [-0.05, 0) is 18.2 Å². The van der Waals surface area contributed by atoms with Gasteiger partial charge in [0.2, 0.25) is 12.6 Å². The molecule has 3 heterocycles. The number of carbonyl (C=O) groups is 2. The zero-order valence-electron chi connectivity index (χ0n) is 25.5. The molecule has 20 nitrogen and oxygen atoms in total. The standard InChI is InChI=1S/C30H34O20/c31-7-17-22(39)24(41)26(43)29(49-17)47-15-4-10(32)3-14-11(15)5-16(28(46-14)9-1-12(33)21(38)13(34)2-9)48-30-27(44)25(42)23(40)18(50-30)8-45-20(37)6-19(35)36/h1-5,17-18,22-34,38-44H,6-8H2,(H,35,36)/t17-,18-,22-,23-,24+,25+,26-,27-,28?,29-,30-/m1/s1. The van der Waals surface area contributed by atoms with E-state index in [-0.39, 0.29) is 28.4 Å². The number of fused-ring (bicyclic) bond motifs is 1. The number of aliphatic hydroxyl groups is 7. The number of hydrogen-bond donors (Lipinski definition) is 12. The number of esters is 1. The van der Waals surface area contributed by atoms with Crippen molar-refractivity contribution in [1.29, 1.82) is 0 Å². The van der Waals surface area contributed by atoms with Gasteiger partial charge in [-0.2, -0.15) is 0 Å². The molecule has 0 radical (unpaired) electrons. The molecule has 3 aliphatic heterocycles. The van der Waals surface area contributed by atoms with Crippen LogP contribution in [0.2, 0.25) is 0 Å². The Kier molecular flexibility index (Phi) is 10.8. The second-order valence-corrected chi connectivity index (χ2v) is 11.5. The summed E-state index contributed by atoms with van der Waals surface area (Å²) in [6.07, 6.45) is -19.1. The van der Waals surface area contributed by atoms with Crippen molar-refractivity contribution < 1.29 is 99.3 Å². The van der Waals surface area contributed by atoms with Crippen LogP contribution >= 0.6 is 0 Å². The SMILES string of the molecule is O=C(O)CC(=O)OC[C@H]1O[C@@H](OC2=Cc3c(cc(O)cc3O[C@@H]3O[C@H](CO)[C@@H](O)[C@H](O)[C@H]3O)OC2c2cc(O)c(O)c(O)c2)[C@H](O)[C@@H](O)[C@@H]1O. The molecule has 0 aliphatic carbocycles. The summed E-state index contributed by atoms with van der Waals surface area (Å²) >= 11 is 0. The van der Waals surface area contributed by atoms with Crippen molar-refractivity contribution in [1.82, 2.24) is 0 Å². The van der Waals surface area contributed by atoms with Gasteiger partial charge < -0.3 is 89.7 Å². The maximum atomic E-state index is 11.8. The highest BCUT2D eigenvalue weighted by Gasteiger charge is 2.48. The number of aliphatic hydroxyl groups excluding tert-OH is 7. The number of benzene rings is 2. The first-order valence-electron chi connectivity index (χ1n) is 14.8. The maximum Gasteiger partial charge on any atom is 0.317 e. The first kappa shape index (κ1) is 36.6. The summed E-state index contributed by atoms with van der Waals surface area (Å²) in [6.45, 7) is -1.56. The number of hydrogen-bond acceptors (Lipinski definition) is 19. The van der Waals surface area contributed by atoms with Crippen molar-refractivity contribution in [2.45, 2.75) is 73.9 Å². The molecule has 2 fully saturated rings. The van der Waals surface area contributed by atoms with Gasteiger partial charge in [-0.15, -0.1) is 0 Å². The molecular weight excluding hydrogens is 680 g/mol. The summed E-state index contributed by atoms with van der Waals surface area (Å²) in [5, 5.41) is 122. The molecule has 0 spiro atoms. The number of carboxylic acid groups (broad SMARTS) is 1. The molecule has 0 aromatic heterocycles. The Labute approximate surface area is 280 Å². The summed E-state index contributed by atoms with van der Waals surface area (Å²) in [7, 11) is 0. The lowest BCUT2D eigenvalue weighted by Crippen LogP contribution is -2.60. The van der Waals surface area contributed by atoms with Crippen molar-refractivity contribution in [3.8, 4) is 34.5 Å². The Morgan fingerprint density at radius 1 is 0.740 bits per heavy atom. The fourth-order valence-corrected chi connectivity index (χ4v) is 5.36. The summed E-state index contributed by atoms with van der Waals surface area (Å²) in [5.41, 5.74) is -0.164. The van der Waals surface area contributed by atoms with Crippen LogP contribution in [0.15, 0.2) is 30.0 Å². The zero-order valence-corrected chi connectivity index (χ0v) is 25.5. The van der Waals surface area contributed by atoms with Crippen LogP contribution in [-0.4, -0.2) is 148 Å². The van der Waals surface area contributed by atoms with Crippen LogP contribution in [-0.2, 0) is 28.5 Å². The minimum atomic E-state index is -2.00. The van der Waals surface area contributed by atoms with E-state index < -0.39 is 122 Å². The summed E-state index contributed by atoms with van der Waals surface area (Å²) in [6, 6.07) is 4.07. The van der Waals surface area contributed by atoms with Gasteiger partial charge in [0.05, 0.1) is 12.2 Å². The van der Waals surface area contributed by atoms with E-state index in [1.54, 1.807) is 0 Å². The van der Waals surface area contributed by atoms with Crippen LogP contribution < -0.4 is 9.47 Å². The molecule has 274 valence electrons. The van der Waals surface area contributed by atoms with E-state index in [1.807, 2.05) is 0 Å². The van der Waals surface area contributed by atoms with Crippen LogP contribution in [0.1, 0.15) is 23.7 Å². The van der Waals surface area contributed by atoms with E-state index in [2.05, 4.69) is 0 Å². The van der Waals surface area contributed by atoms with Crippen LogP contribution in [0.4, 0.5) is 0 Å². The number of rotatable bonds is 10. The second kappa shape index (κ2) is 14.7. The fourth-order valence-electron chi connectivity index (χ4n) is 5.36. The van der Waals surface area contributed by atoms with Gasteiger partial charge in [0.25, 0.3) is 0 Å². The Morgan fingerprint density at radius 2 is 1.32 bits per heavy atom. The highest BCUT2D eigenvalue weighted by atomic mass is 16.7. The van der Waals surface area contributed by atoms with Gasteiger partial charge in [-0.25, -0.2) is 0 Å². The molecule has 12 N–H and O–H groups in total. The van der Waals surface area contributed by atoms with Gasteiger partial charge in [-0.3, -0.25) is 9.59 Å². The predicted octanol–water partition coefficient (Wildman–Crippen LogP) is -3.00. The molecular formula is C30H34O20. The molecule has 50 heavy (non-hydrogen) atoms. The molecule has 2 aromatic rings. The maximum absolute atomic E-state index is 11.8. The number of carbonyl (C=O) groups excluding carboxylic acids is 1. The van der Waals surface area contributed by atoms with Crippen LogP contribution in [0.5, 0.6) is 34.5 Å². The molecule has 20 heteroatoms. The van der Waals surface area contributed by atoms with E-state index in [9.17, 15) is 65.8 Å². The van der Waals surface area contributed by atoms with E-state index in [4.69, 9.17) is 33.5 Å². The molecule has 11 atom stereocenters. The lowest BCUT2D eigenvalue weighted by atomic mass is 9.98. The van der Waals surface area contributed by atoms with Gasteiger partial charge >= 0.3 is 11.9 Å². The third-order valence-electron chi connectivity index (χ3n) is 7.99. The Balaban J connectivity index is 1.52. The topological polar surface area (TPSA) is 332 Å². The minimum absolute atomic E-state index is 0.0664. The van der Waals surface area contributed by atoms with Crippen LogP contribution in [0, 0.1) is 0 Å². The van der Waals surface area contributed by atoms with Crippen LogP contribution in [0.25, 0.3) is 6.08 Å². The lowest BCUT2D eigenvalue weighted by molar-refractivity contribution is -0.294. The first-order valence-corrected chi connectivity index (χ1v) is 14.8. The molecule has 1 unspecified atom stereocenters. The van der Waals surface area contributed by atoms with Gasteiger partial charge in [0, 0.05) is 17.7 Å². The van der Waals surface area contributed by atoms with E-state index in [0.717, 1.165) is 24.3 Å². The van der Waals surface area contributed by atoms with Crippen molar-refractivity contribution in [3.63, 3.8) is 0 Å². The molecule has 0 bridgehead atoms. The molecule has 2 saturated heterocycles. The summed E-state index contributed by atoms with van der Waals surface area (Å²) in [4.78, 5) is 22.6. The Hall–Kier alpha value is -4.64. The molecule has 0 saturated carbocycles. The average Bonchev–Trinajstić information content (AvgIpc) is 3.06. The number of carboxylic acids is 1. The first-order chi connectivity index (χ1) is 23.6. The second-order valence-electron chi connectivity index (χ2n) is 11.5. The third kappa shape index (κ3) is 7.43. The van der Waals surface area contributed by atoms with Crippen molar-refractivity contribution in [3.05, 3.63) is 41.2 Å². The van der Waals surface area contributed by atoms with Crippen LogP contribution in [0.3, 0.4) is 0 Å². The number of ether oxygens (including phenoxy) is 6. The number of phenolic OH excluding ortho intramolecular Hbond substituents is 4. The molecule has 5 rings (SSSR count). The van der Waals surface area contributed by atoms with Crippen molar-refractivity contribution in [2.24, 2.45) is 0 Å². The van der Waals surface area contributed by atoms with Gasteiger partial charge in [0.1, 0.15) is 84.9 Å². The molecule has 2 aromatic carbocycles. The van der Waals surface area contributed by atoms with E-state index in [0.29, 0.717) is 0 Å². The van der Waals surface area contributed by atoms with E-state index in [1.165, 1.54) is 6.08 Å². The van der Waals surface area contributed by atoms with Crippen molar-refractivity contribution >= 4 is 18.0 Å². The molecule has 0 amide bonds. The van der Waals surface area contributed by atoms with Gasteiger partial charge in [-0.1, -0.05) is 0 Å². The molecule has 3 aliphatic rings. The third-order valence-corrected chi connectivity index (χ3v) is 7.99.